The number of aromatic nitrogens is 4. The summed E-state index contributed by atoms with van der Waals surface area (Å²) in [6.45, 7) is 3.38. The van der Waals surface area contributed by atoms with E-state index < -0.39 is 26.6 Å². The van der Waals surface area contributed by atoms with Gasteiger partial charge in [-0.2, -0.15) is 0 Å². The first-order valence-corrected chi connectivity index (χ1v) is 11.2. The van der Waals surface area contributed by atoms with Crippen LogP contribution >= 0.6 is 0 Å². The zero-order valence-corrected chi connectivity index (χ0v) is 18.4. The molecule has 0 atom stereocenters. The highest BCUT2D eigenvalue weighted by Gasteiger charge is 2.21. The Hall–Kier alpha value is -3.99. The highest BCUT2D eigenvalue weighted by Crippen LogP contribution is 2.28. The van der Waals surface area contributed by atoms with Crippen LogP contribution in [0.3, 0.4) is 0 Å². The zero-order chi connectivity index (χ0) is 23.6. The summed E-state index contributed by atoms with van der Waals surface area (Å²) in [5, 5.41) is 3.08. The van der Waals surface area contributed by atoms with Crippen LogP contribution in [0, 0.1) is 25.5 Å². The Labute approximate surface area is 188 Å². The summed E-state index contributed by atoms with van der Waals surface area (Å²) in [6, 6.07) is 9.04. The molecule has 168 valence electrons. The smallest absolute Gasteiger partial charge is 0.264 e. The second kappa shape index (κ2) is 8.87. The predicted molar refractivity (Wildman–Crippen MR) is 119 cm³/mol. The van der Waals surface area contributed by atoms with E-state index in [2.05, 4.69) is 30.0 Å². The van der Waals surface area contributed by atoms with Gasteiger partial charge in [-0.15, -0.1) is 0 Å². The van der Waals surface area contributed by atoms with E-state index in [9.17, 15) is 17.2 Å². The van der Waals surface area contributed by atoms with Crippen LogP contribution in [0.25, 0.3) is 11.1 Å². The number of nitrogens with zero attached hydrogens (tertiary/aromatic N) is 4. The molecule has 0 amide bonds. The van der Waals surface area contributed by atoms with Gasteiger partial charge in [-0.1, -0.05) is 0 Å². The van der Waals surface area contributed by atoms with Crippen LogP contribution in [0.4, 0.5) is 26.1 Å². The van der Waals surface area contributed by atoms with Crippen LogP contribution in [0.5, 0.6) is 0 Å². The van der Waals surface area contributed by atoms with Gasteiger partial charge in [0.25, 0.3) is 10.0 Å². The molecule has 0 radical (unpaired) electrons. The van der Waals surface area contributed by atoms with Gasteiger partial charge in [0, 0.05) is 30.2 Å². The Bertz CT molecular complexity index is 1450. The molecule has 11 heteroatoms. The minimum atomic E-state index is -4.31. The zero-order valence-electron chi connectivity index (χ0n) is 17.5. The number of anilines is 3. The van der Waals surface area contributed by atoms with Crippen LogP contribution < -0.4 is 10.0 Å². The molecule has 8 nitrogen and oxygen atoms in total. The van der Waals surface area contributed by atoms with Gasteiger partial charge < -0.3 is 5.32 Å². The van der Waals surface area contributed by atoms with Crippen molar-refractivity contribution in [2.45, 2.75) is 18.7 Å². The summed E-state index contributed by atoms with van der Waals surface area (Å²) in [4.78, 5) is 16.2. The van der Waals surface area contributed by atoms with Gasteiger partial charge in [-0.3, -0.25) is 9.71 Å². The van der Waals surface area contributed by atoms with Crippen molar-refractivity contribution in [1.82, 2.24) is 19.9 Å². The summed E-state index contributed by atoms with van der Waals surface area (Å²) in [5.41, 5.74) is 1.85. The molecule has 0 saturated heterocycles. The molecule has 0 bridgehead atoms. The standard InChI is InChI=1S/C22H18F2N6O2S/c1-13-19(30-33(31,32)20-4-3-17(23)11-18(20)24)9-16(12-27-13)15-5-7-26-22(10-15)29-21-6-8-25-14(2)28-21/h3-12,30H,1-2H3,(H,25,26,28,29). The van der Waals surface area contributed by atoms with E-state index in [0.717, 1.165) is 12.1 Å². The third-order valence-electron chi connectivity index (χ3n) is 4.64. The van der Waals surface area contributed by atoms with E-state index in [1.54, 1.807) is 56.7 Å². The molecule has 33 heavy (non-hydrogen) atoms. The third-order valence-corrected chi connectivity index (χ3v) is 6.04. The van der Waals surface area contributed by atoms with Crippen molar-refractivity contribution in [3.63, 3.8) is 0 Å². The van der Waals surface area contributed by atoms with E-state index in [0.29, 0.717) is 40.3 Å². The number of nitrogens with one attached hydrogen (secondary N) is 2. The Morgan fingerprint density at radius 3 is 2.39 bits per heavy atom. The topological polar surface area (TPSA) is 110 Å². The maximum atomic E-state index is 14.0. The Morgan fingerprint density at radius 2 is 1.64 bits per heavy atom. The summed E-state index contributed by atoms with van der Waals surface area (Å²) < 4.78 is 54.9. The SMILES string of the molecule is Cc1nccc(Nc2cc(-c3cnc(C)c(NS(=O)(=O)c4ccc(F)cc4F)c3)ccn2)n1. The fourth-order valence-electron chi connectivity index (χ4n) is 3.02. The van der Waals surface area contributed by atoms with Crippen molar-refractivity contribution in [2.24, 2.45) is 0 Å². The van der Waals surface area contributed by atoms with Crippen LogP contribution in [0.15, 0.2) is 66.0 Å². The highest BCUT2D eigenvalue weighted by atomic mass is 32.2. The largest absolute Gasteiger partial charge is 0.325 e. The highest BCUT2D eigenvalue weighted by molar-refractivity contribution is 7.92. The fourth-order valence-corrected chi connectivity index (χ4v) is 4.19. The number of benzene rings is 1. The molecule has 0 fully saturated rings. The van der Waals surface area contributed by atoms with Gasteiger partial charge in [0.1, 0.15) is 34.0 Å². The molecule has 0 spiro atoms. The molecule has 0 saturated carbocycles. The first-order chi connectivity index (χ1) is 15.7. The van der Waals surface area contributed by atoms with Crippen molar-refractivity contribution in [3.8, 4) is 11.1 Å². The Balaban J connectivity index is 1.64. The summed E-state index contributed by atoms with van der Waals surface area (Å²) in [5.74, 6) is -0.362. The predicted octanol–water partition coefficient (Wildman–Crippen LogP) is 4.37. The first-order valence-electron chi connectivity index (χ1n) is 9.69. The molecule has 0 aliphatic heterocycles. The lowest BCUT2D eigenvalue weighted by Crippen LogP contribution is -2.16. The van der Waals surface area contributed by atoms with E-state index in [4.69, 9.17) is 0 Å². The van der Waals surface area contributed by atoms with Gasteiger partial charge in [-0.05, 0) is 55.8 Å². The van der Waals surface area contributed by atoms with E-state index in [1.807, 2.05) is 0 Å². The van der Waals surface area contributed by atoms with Crippen molar-refractivity contribution in [3.05, 3.63) is 84.2 Å². The number of pyridine rings is 2. The molecule has 3 heterocycles. The number of hydrogen-bond acceptors (Lipinski definition) is 7. The average Bonchev–Trinajstić information content (AvgIpc) is 2.75. The van der Waals surface area contributed by atoms with E-state index in [-0.39, 0.29) is 5.69 Å². The molecule has 0 unspecified atom stereocenters. The molecule has 4 aromatic rings. The quantitative estimate of drug-likeness (QED) is 0.432. The number of rotatable bonds is 6. The molecular weight excluding hydrogens is 450 g/mol. The minimum absolute atomic E-state index is 0.161. The first kappa shape index (κ1) is 22.2. The van der Waals surface area contributed by atoms with Crippen molar-refractivity contribution >= 4 is 27.3 Å². The van der Waals surface area contributed by atoms with Gasteiger partial charge in [0.2, 0.25) is 0 Å². The van der Waals surface area contributed by atoms with Gasteiger partial charge in [-0.25, -0.2) is 32.2 Å². The second-order valence-electron chi connectivity index (χ2n) is 7.08. The molecule has 0 aliphatic carbocycles. The molecule has 2 N–H and O–H groups in total. The molecule has 0 aliphatic rings. The molecule has 4 rings (SSSR count). The summed E-state index contributed by atoms with van der Waals surface area (Å²) in [6.07, 6.45) is 4.80. The Kier molecular flexibility index (Phi) is 5.97. The van der Waals surface area contributed by atoms with Crippen molar-refractivity contribution < 1.29 is 17.2 Å². The van der Waals surface area contributed by atoms with Crippen molar-refractivity contribution in [1.29, 1.82) is 0 Å². The van der Waals surface area contributed by atoms with E-state index in [1.165, 1.54) is 0 Å². The molecular formula is C22H18F2N6O2S. The van der Waals surface area contributed by atoms with Gasteiger partial charge >= 0.3 is 0 Å². The van der Waals surface area contributed by atoms with Crippen LogP contribution in [0.1, 0.15) is 11.5 Å². The van der Waals surface area contributed by atoms with Crippen LogP contribution in [-0.4, -0.2) is 28.4 Å². The lowest BCUT2D eigenvalue weighted by molar-refractivity contribution is 0.551. The van der Waals surface area contributed by atoms with Crippen LogP contribution in [-0.2, 0) is 10.0 Å². The summed E-state index contributed by atoms with van der Waals surface area (Å²) >= 11 is 0. The monoisotopic (exact) mass is 468 g/mol. The second-order valence-corrected chi connectivity index (χ2v) is 8.73. The number of sulfonamides is 1. The number of halogens is 2. The molecule has 3 aromatic heterocycles. The van der Waals surface area contributed by atoms with Gasteiger partial charge in [0.05, 0.1) is 11.4 Å². The average molecular weight is 468 g/mol. The molecule has 1 aromatic carbocycles. The lowest BCUT2D eigenvalue weighted by Gasteiger charge is -2.13. The lowest BCUT2D eigenvalue weighted by atomic mass is 10.1. The Morgan fingerprint density at radius 1 is 0.848 bits per heavy atom. The van der Waals surface area contributed by atoms with E-state index >= 15 is 0 Å². The maximum absolute atomic E-state index is 14.0. The van der Waals surface area contributed by atoms with Crippen molar-refractivity contribution in [2.75, 3.05) is 10.0 Å². The summed E-state index contributed by atoms with van der Waals surface area (Å²) in [7, 11) is -4.31. The minimum Gasteiger partial charge on any atom is -0.325 e. The maximum Gasteiger partial charge on any atom is 0.264 e. The fraction of sp³-hybridized carbons (Fsp3) is 0.0909. The number of hydrogen-bond donors (Lipinski definition) is 2. The van der Waals surface area contributed by atoms with Gasteiger partial charge in [0.15, 0.2) is 0 Å². The normalized spacial score (nSPS) is 11.3. The number of aryl methyl sites for hydroxylation is 2. The van der Waals surface area contributed by atoms with Crippen LogP contribution in [0.2, 0.25) is 0 Å². The third kappa shape index (κ3) is 5.09.